The van der Waals surface area contributed by atoms with Crippen LogP contribution in [-0.4, -0.2) is 39.3 Å². The zero-order valence-electron chi connectivity index (χ0n) is 12.2. The van der Waals surface area contributed by atoms with Gasteiger partial charge in [-0.15, -0.1) is 0 Å². The van der Waals surface area contributed by atoms with Crippen LogP contribution in [0.25, 0.3) is 0 Å². The molecule has 110 valence electrons. The summed E-state index contributed by atoms with van der Waals surface area (Å²) in [6.07, 6.45) is 1.08. The molecule has 0 spiro atoms. The molecule has 0 radical (unpaired) electrons. The minimum atomic E-state index is -0.0773. The van der Waals surface area contributed by atoms with Gasteiger partial charge in [0.25, 0.3) is 5.91 Å². The monoisotopic (exact) mass is 278 g/mol. The van der Waals surface area contributed by atoms with Crippen molar-refractivity contribution in [1.82, 2.24) is 10.6 Å². The number of methoxy groups -OCH3 is 2. The maximum absolute atomic E-state index is 12.3. The van der Waals surface area contributed by atoms with Crippen molar-refractivity contribution in [2.75, 3.05) is 27.3 Å². The smallest absolute Gasteiger partial charge is 0.251 e. The molecule has 0 aromatic heterocycles. The molecule has 1 aliphatic heterocycles. The van der Waals surface area contributed by atoms with Crippen LogP contribution in [-0.2, 0) is 0 Å². The maximum atomic E-state index is 12.3. The predicted molar refractivity (Wildman–Crippen MR) is 77.5 cm³/mol. The first-order valence-corrected chi connectivity index (χ1v) is 6.89. The molecule has 1 aromatic carbocycles. The lowest BCUT2D eigenvalue weighted by molar-refractivity contribution is 0.0915. The number of carbonyl (C=O) groups is 1. The van der Waals surface area contributed by atoms with Gasteiger partial charge in [-0.25, -0.2) is 0 Å². The van der Waals surface area contributed by atoms with E-state index in [-0.39, 0.29) is 11.9 Å². The highest BCUT2D eigenvalue weighted by Crippen LogP contribution is 2.27. The van der Waals surface area contributed by atoms with Crippen molar-refractivity contribution in [3.8, 4) is 11.5 Å². The predicted octanol–water partition coefficient (Wildman–Crippen LogP) is 1.43. The standard InChI is InChI=1S/C15H22N2O3/c1-10-6-7-16-9-12(10)17-15(18)11-4-5-13(19-2)14(8-11)20-3/h4-5,8,10,12,16H,6-7,9H2,1-3H3,(H,17,18). The molecule has 1 aliphatic rings. The van der Waals surface area contributed by atoms with Crippen LogP contribution in [0.4, 0.5) is 0 Å². The van der Waals surface area contributed by atoms with Crippen LogP contribution in [0.15, 0.2) is 18.2 Å². The average molecular weight is 278 g/mol. The highest BCUT2D eigenvalue weighted by atomic mass is 16.5. The Morgan fingerprint density at radius 2 is 2.05 bits per heavy atom. The maximum Gasteiger partial charge on any atom is 0.251 e. The van der Waals surface area contributed by atoms with Crippen molar-refractivity contribution in [3.63, 3.8) is 0 Å². The van der Waals surface area contributed by atoms with E-state index in [0.29, 0.717) is 23.0 Å². The molecule has 2 N–H and O–H groups in total. The third kappa shape index (κ3) is 3.22. The molecule has 0 aliphatic carbocycles. The first-order chi connectivity index (χ1) is 9.65. The lowest BCUT2D eigenvalue weighted by atomic mass is 9.94. The van der Waals surface area contributed by atoms with E-state index >= 15 is 0 Å². The number of ether oxygens (including phenoxy) is 2. The van der Waals surface area contributed by atoms with Gasteiger partial charge in [0, 0.05) is 18.2 Å². The molecule has 5 nitrogen and oxygen atoms in total. The van der Waals surface area contributed by atoms with Gasteiger partial charge in [0.15, 0.2) is 11.5 Å². The summed E-state index contributed by atoms with van der Waals surface area (Å²) < 4.78 is 10.4. The van der Waals surface area contributed by atoms with Crippen molar-refractivity contribution in [2.24, 2.45) is 5.92 Å². The van der Waals surface area contributed by atoms with Gasteiger partial charge >= 0.3 is 0 Å². The third-order valence-corrected chi connectivity index (χ3v) is 3.79. The second-order valence-corrected chi connectivity index (χ2v) is 5.12. The lowest BCUT2D eigenvalue weighted by Crippen LogP contribution is -2.50. The fourth-order valence-corrected chi connectivity index (χ4v) is 2.41. The fraction of sp³-hybridized carbons (Fsp3) is 0.533. The largest absolute Gasteiger partial charge is 0.493 e. The van der Waals surface area contributed by atoms with E-state index in [1.807, 2.05) is 0 Å². The Balaban J connectivity index is 2.08. The minimum Gasteiger partial charge on any atom is -0.493 e. The van der Waals surface area contributed by atoms with Gasteiger partial charge in [-0.05, 0) is 37.1 Å². The summed E-state index contributed by atoms with van der Waals surface area (Å²) in [6.45, 7) is 4.00. The Hall–Kier alpha value is -1.75. The normalized spacial score (nSPS) is 22.1. The van der Waals surface area contributed by atoms with Gasteiger partial charge < -0.3 is 20.1 Å². The van der Waals surface area contributed by atoms with Gasteiger partial charge in [0.2, 0.25) is 0 Å². The Bertz CT molecular complexity index is 476. The summed E-state index contributed by atoms with van der Waals surface area (Å²) in [5.74, 6) is 1.60. The molecule has 5 heteroatoms. The average Bonchev–Trinajstić information content (AvgIpc) is 2.48. The van der Waals surface area contributed by atoms with Crippen LogP contribution < -0.4 is 20.1 Å². The first kappa shape index (κ1) is 14.7. The molecule has 1 aromatic rings. The van der Waals surface area contributed by atoms with Crippen LogP contribution in [0, 0.1) is 5.92 Å². The quantitative estimate of drug-likeness (QED) is 0.875. The zero-order chi connectivity index (χ0) is 14.5. The molecule has 1 fully saturated rings. The van der Waals surface area contributed by atoms with E-state index in [4.69, 9.17) is 9.47 Å². The van der Waals surface area contributed by atoms with E-state index in [9.17, 15) is 4.79 Å². The first-order valence-electron chi connectivity index (χ1n) is 6.89. The molecule has 1 saturated heterocycles. The molecule has 0 saturated carbocycles. The molecule has 1 amide bonds. The SMILES string of the molecule is COc1ccc(C(=O)NC2CNCCC2C)cc1OC. The fourth-order valence-electron chi connectivity index (χ4n) is 2.41. The molecular weight excluding hydrogens is 256 g/mol. The number of piperidine rings is 1. The topological polar surface area (TPSA) is 59.6 Å². The number of rotatable bonds is 4. The number of nitrogens with one attached hydrogen (secondary N) is 2. The third-order valence-electron chi connectivity index (χ3n) is 3.79. The number of amides is 1. The Morgan fingerprint density at radius 1 is 1.30 bits per heavy atom. The van der Waals surface area contributed by atoms with Crippen molar-refractivity contribution >= 4 is 5.91 Å². The molecule has 2 rings (SSSR count). The van der Waals surface area contributed by atoms with E-state index in [2.05, 4.69) is 17.6 Å². The molecular formula is C15H22N2O3. The van der Waals surface area contributed by atoms with Gasteiger partial charge in [-0.2, -0.15) is 0 Å². The summed E-state index contributed by atoms with van der Waals surface area (Å²) in [7, 11) is 3.14. The second-order valence-electron chi connectivity index (χ2n) is 5.12. The van der Waals surface area contributed by atoms with Crippen molar-refractivity contribution in [1.29, 1.82) is 0 Å². The molecule has 0 bridgehead atoms. The van der Waals surface area contributed by atoms with Crippen LogP contribution >= 0.6 is 0 Å². The van der Waals surface area contributed by atoms with Gasteiger partial charge in [-0.3, -0.25) is 4.79 Å². The van der Waals surface area contributed by atoms with E-state index < -0.39 is 0 Å². The van der Waals surface area contributed by atoms with Crippen molar-refractivity contribution in [2.45, 2.75) is 19.4 Å². The number of carbonyl (C=O) groups excluding carboxylic acids is 1. The second kappa shape index (κ2) is 6.61. The highest BCUT2D eigenvalue weighted by molar-refractivity contribution is 5.95. The van der Waals surface area contributed by atoms with Crippen LogP contribution in [0.1, 0.15) is 23.7 Å². The number of hydrogen-bond acceptors (Lipinski definition) is 4. The summed E-state index contributed by atoms with van der Waals surface area (Å²) in [5, 5.41) is 6.38. The highest BCUT2D eigenvalue weighted by Gasteiger charge is 2.23. The Morgan fingerprint density at radius 3 is 2.70 bits per heavy atom. The molecule has 2 atom stereocenters. The summed E-state index contributed by atoms with van der Waals surface area (Å²) in [5.41, 5.74) is 0.584. The Labute approximate surface area is 119 Å². The minimum absolute atomic E-state index is 0.0773. The van der Waals surface area contributed by atoms with Gasteiger partial charge in [0.05, 0.1) is 14.2 Å². The molecule has 2 unspecified atom stereocenters. The Kier molecular flexibility index (Phi) is 4.84. The zero-order valence-corrected chi connectivity index (χ0v) is 12.2. The van der Waals surface area contributed by atoms with Gasteiger partial charge in [-0.1, -0.05) is 6.92 Å². The van der Waals surface area contributed by atoms with Crippen molar-refractivity contribution in [3.05, 3.63) is 23.8 Å². The van der Waals surface area contributed by atoms with E-state index in [1.54, 1.807) is 32.4 Å². The van der Waals surface area contributed by atoms with Crippen LogP contribution in [0.5, 0.6) is 11.5 Å². The van der Waals surface area contributed by atoms with Gasteiger partial charge in [0.1, 0.15) is 0 Å². The molecule has 20 heavy (non-hydrogen) atoms. The van der Waals surface area contributed by atoms with E-state index in [1.165, 1.54) is 0 Å². The number of benzene rings is 1. The van der Waals surface area contributed by atoms with Crippen LogP contribution in [0.3, 0.4) is 0 Å². The van der Waals surface area contributed by atoms with Crippen LogP contribution in [0.2, 0.25) is 0 Å². The summed E-state index contributed by atoms with van der Waals surface area (Å²) >= 11 is 0. The molecule has 1 heterocycles. The summed E-state index contributed by atoms with van der Waals surface area (Å²) in [6, 6.07) is 5.37. The number of hydrogen-bond donors (Lipinski definition) is 2. The summed E-state index contributed by atoms with van der Waals surface area (Å²) in [4.78, 5) is 12.3. The van der Waals surface area contributed by atoms with E-state index in [0.717, 1.165) is 19.5 Å². The van der Waals surface area contributed by atoms with Crippen molar-refractivity contribution < 1.29 is 14.3 Å². The lowest BCUT2D eigenvalue weighted by Gasteiger charge is -2.30.